The average Bonchev–Trinajstić information content (AvgIpc) is 3.20. The third kappa shape index (κ3) is 5.78. The van der Waals surface area contributed by atoms with E-state index in [1.165, 1.54) is 24.3 Å². The molecule has 1 N–H and O–H groups in total. The quantitative estimate of drug-likeness (QED) is 0.619. The van der Waals surface area contributed by atoms with E-state index in [4.69, 9.17) is 9.26 Å². The highest BCUT2D eigenvalue weighted by Gasteiger charge is 2.13. The number of benzene rings is 2. The van der Waals surface area contributed by atoms with Crippen molar-refractivity contribution in [3.05, 3.63) is 71.6 Å². The summed E-state index contributed by atoms with van der Waals surface area (Å²) in [6.07, 6.45) is 1.28. The summed E-state index contributed by atoms with van der Waals surface area (Å²) in [6.45, 7) is 2.56. The van der Waals surface area contributed by atoms with E-state index in [1.807, 2.05) is 31.2 Å². The van der Waals surface area contributed by atoms with Crippen molar-refractivity contribution in [1.29, 1.82) is 0 Å². The second-order valence-electron chi connectivity index (χ2n) is 6.46. The number of carbonyl (C=O) groups excluding carboxylic acids is 1. The van der Waals surface area contributed by atoms with Gasteiger partial charge in [-0.1, -0.05) is 30.3 Å². The van der Waals surface area contributed by atoms with Gasteiger partial charge < -0.3 is 19.5 Å². The number of para-hydroxylation sites is 1. The maximum absolute atomic E-state index is 12.9. The number of hydrogen-bond donors (Lipinski definition) is 1. The van der Waals surface area contributed by atoms with Crippen LogP contribution in [0.4, 0.5) is 14.9 Å². The zero-order chi connectivity index (χ0) is 20.6. The Kier molecular flexibility index (Phi) is 6.78. The SMILES string of the molecule is CCc1ccccc1NC(=O)N(C)CCc1noc(COc2ccc(F)cc2)n1. The summed E-state index contributed by atoms with van der Waals surface area (Å²) >= 11 is 0. The molecule has 1 aromatic heterocycles. The van der Waals surface area contributed by atoms with Crippen LogP contribution in [-0.2, 0) is 19.4 Å². The Morgan fingerprint density at radius 1 is 1.21 bits per heavy atom. The van der Waals surface area contributed by atoms with Gasteiger partial charge in [-0.2, -0.15) is 4.98 Å². The molecule has 29 heavy (non-hydrogen) atoms. The minimum Gasteiger partial charge on any atom is -0.484 e. The standard InChI is InChI=1S/C21H23FN4O3/c1-3-15-6-4-5-7-18(15)23-21(27)26(2)13-12-19-24-20(29-25-19)14-28-17-10-8-16(22)9-11-17/h4-11H,3,12-14H2,1-2H3,(H,23,27). The number of anilines is 1. The lowest BCUT2D eigenvalue weighted by Crippen LogP contribution is -2.33. The molecule has 2 amide bonds. The first-order chi connectivity index (χ1) is 14.0. The van der Waals surface area contributed by atoms with E-state index in [9.17, 15) is 9.18 Å². The Morgan fingerprint density at radius 3 is 2.72 bits per heavy atom. The summed E-state index contributed by atoms with van der Waals surface area (Å²) in [4.78, 5) is 18.2. The number of carbonyl (C=O) groups is 1. The molecule has 3 rings (SSSR count). The number of halogens is 1. The van der Waals surface area contributed by atoms with E-state index < -0.39 is 0 Å². The van der Waals surface area contributed by atoms with Crippen LogP contribution in [0, 0.1) is 5.82 Å². The topological polar surface area (TPSA) is 80.5 Å². The Balaban J connectivity index is 1.47. The van der Waals surface area contributed by atoms with Crippen molar-refractivity contribution < 1.29 is 18.4 Å². The lowest BCUT2D eigenvalue weighted by Gasteiger charge is -2.18. The zero-order valence-corrected chi connectivity index (χ0v) is 16.4. The van der Waals surface area contributed by atoms with Gasteiger partial charge in [0.05, 0.1) is 0 Å². The molecule has 0 saturated heterocycles. The Hall–Kier alpha value is -3.42. The maximum Gasteiger partial charge on any atom is 0.321 e. The van der Waals surface area contributed by atoms with Gasteiger partial charge in [0, 0.05) is 25.7 Å². The Bertz CT molecular complexity index is 943. The van der Waals surface area contributed by atoms with Gasteiger partial charge in [-0.25, -0.2) is 9.18 Å². The molecule has 0 fully saturated rings. The maximum atomic E-state index is 12.9. The monoisotopic (exact) mass is 398 g/mol. The zero-order valence-electron chi connectivity index (χ0n) is 16.4. The number of nitrogens with zero attached hydrogens (tertiary/aromatic N) is 3. The highest BCUT2D eigenvalue weighted by atomic mass is 19.1. The fourth-order valence-corrected chi connectivity index (χ4v) is 2.66. The van der Waals surface area contributed by atoms with E-state index in [2.05, 4.69) is 15.5 Å². The summed E-state index contributed by atoms with van der Waals surface area (Å²) in [5.74, 6) is 0.975. The first-order valence-electron chi connectivity index (χ1n) is 9.35. The lowest BCUT2D eigenvalue weighted by atomic mass is 10.1. The number of hydrogen-bond acceptors (Lipinski definition) is 5. The van der Waals surface area contributed by atoms with Crippen LogP contribution in [-0.4, -0.2) is 34.7 Å². The second kappa shape index (κ2) is 9.68. The van der Waals surface area contributed by atoms with Crippen molar-refractivity contribution >= 4 is 11.7 Å². The van der Waals surface area contributed by atoms with E-state index >= 15 is 0 Å². The fraction of sp³-hybridized carbons (Fsp3) is 0.286. The first-order valence-corrected chi connectivity index (χ1v) is 9.35. The molecule has 0 aliphatic carbocycles. The van der Waals surface area contributed by atoms with Crippen molar-refractivity contribution in [2.24, 2.45) is 0 Å². The van der Waals surface area contributed by atoms with E-state index in [-0.39, 0.29) is 18.5 Å². The highest BCUT2D eigenvalue weighted by Crippen LogP contribution is 2.16. The van der Waals surface area contributed by atoms with Crippen LogP contribution >= 0.6 is 0 Å². The lowest BCUT2D eigenvalue weighted by molar-refractivity contribution is 0.222. The molecular formula is C21H23FN4O3. The van der Waals surface area contributed by atoms with Gasteiger partial charge in [0.25, 0.3) is 5.89 Å². The third-order valence-electron chi connectivity index (χ3n) is 4.34. The van der Waals surface area contributed by atoms with Gasteiger partial charge in [-0.05, 0) is 42.3 Å². The van der Waals surface area contributed by atoms with Crippen LogP contribution in [0.25, 0.3) is 0 Å². The minimum atomic E-state index is -0.330. The Morgan fingerprint density at radius 2 is 1.97 bits per heavy atom. The summed E-state index contributed by atoms with van der Waals surface area (Å²) in [7, 11) is 1.71. The van der Waals surface area contributed by atoms with Crippen LogP contribution in [0.3, 0.4) is 0 Å². The number of aromatic nitrogens is 2. The van der Waals surface area contributed by atoms with Crippen LogP contribution in [0.1, 0.15) is 24.2 Å². The van der Waals surface area contributed by atoms with Crippen molar-refractivity contribution in [1.82, 2.24) is 15.0 Å². The molecule has 0 radical (unpaired) electrons. The normalized spacial score (nSPS) is 10.6. The molecule has 0 bridgehead atoms. The van der Waals surface area contributed by atoms with Gasteiger partial charge in [0.15, 0.2) is 12.4 Å². The number of amides is 2. The van der Waals surface area contributed by atoms with Crippen LogP contribution in [0.15, 0.2) is 53.1 Å². The molecule has 0 aliphatic rings. The highest BCUT2D eigenvalue weighted by molar-refractivity contribution is 5.90. The van der Waals surface area contributed by atoms with Crippen molar-refractivity contribution in [2.75, 3.05) is 18.9 Å². The van der Waals surface area contributed by atoms with Crippen molar-refractivity contribution in [3.8, 4) is 5.75 Å². The average molecular weight is 398 g/mol. The first kappa shape index (κ1) is 20.3. The molecule has 152 valence electrons. The molecule has 3 aromatic rings. The molecule has 0 aliphatic heterocycles. The van der Waals surface area contributed by atoms with Crippen LogP contribution in [0.2, 0.25) is 0 Å². The van der Waals surface area contributed by atoms with Gasteiger partial charge in [0.2, 0.25) is 0 Å². The second-order valence-corrected chi connectivity index (χ2v) is 6.46. The van der Waals surface area contributed by atoms with Gasteiger partial charge >= 0.3 is 6.03 Å². The molecule has 7 nitrogen and oxygen atoms in total. The Labute approximate surface area is 168 Å². The predicted molar refractivity (Wildman–Crippen MR) is 106 cm³/mol. The fourth-order valence-electron chi connectivity index (χ4n) is 2.66. The summed E-state index contributed by atoms with van der Waals surface area (Å²) in [5, 5.41) is 6.82. The number of rotatable bonds is 8. The van der Waals surface area contributed by atoms with E-state index in [0.29, 0.717) is 30.4 Å². The molecule has 8 heteroatoms. The van der Waals surface area contributed by atoms with E-state index in [1.54, 1.807) is 11.9 Å². The predicted octanol–water partition coefficient (Wildman–Crippen LogP) is 4.06. The molecule has 1 heterocycles. The number of urea groups is 1. The molecule has 0 spiro atoms. The van der Waals surface area contributed by atoms with Gasteiger partial charge in [-0.15, -0.1) is 0 Å². The molecular weight excluding hydrogens is 375 g/mol. The summed E-state index contributed by atoms with van der Waals surface area (Å²) in [6, 6.07) is 13.2. The molecule has 2 aromatic carbocycles. The minimum absolute atomic E-state index is 0.0861. The third-order valence-corrected chi connectivity index (χ3v) is 4.34. The number of ether oxygens (including phenoxy) is 1. The van der Waals surface area contributed by atoms with Gasteiger partial charge in [-0.3, -0.25) is 0 Å². The van der Waals surface area contributed by atoms with Crippen molar-refractivity contribution in [2.45, 2.75) is 26.4 Å². The molecule has 0 atom stereocenters. The van der Waals surface area contributed by atoms with Crippen LogP contribution in [0.5, 0.6) is 5.75 Å². The molecule has 0 saturated carbocycles. The number of nitrogens with one attached hydrogen (secondary N) is 1. The van der Waals surface area contributed by atoms with Crippen LogP contribution < -0.4 is 10.1 Å². The number of likely N-dealkylation sites (N-methyl/N-ethyl adjacent to an activating group) is 1. The number of aryl methyl sites for hydroxylation is 1. The molecule has 0 unspecified atom stereocenters. The smallest absolute Gasteiger partial charge is 0.321 e. The van der Waals surface area contributed by atoms with Gasteiger partial charge in [0.1, 0.15) is 11.6 Å². The van der Waals surface area contributed by atoms with E-state index in [0.717, 1.165) is 17.7 Å². The van der Waals surface area contributed by atoms with Crippen molar-refractivity contribution in [3.63, 3.8) is 0 Å². The summed E-state index contributed by atoms with van der Waals surface area (Å²) < 4.78 is 23.5. The largest absolute Gasteiger partial charge is 0.484 e. The summed E-state index contributed by atoms with van der Waals surface area (Å²) in [5.41, 5.74) is 1.89.